The molecule has 0 radical (unpaired) electrons. The maximum absolute atomic E-state index is 12.0. The molecule has 0 bridgehead atoms. The molecule has 4 nitrogen and oxygen atoms in total. The highest BCUT2D eigenvalue weighted by Crippen LogP contribution is 2.19. The average Bonchev–Trinajstić information content (AvgIpc) is 2.29. The van der Waals surface area contributed by atoms with Gasteiger partial charge in [-0.15, -0.1) is 0 Å². The molecule has 1 saturated heterocycles. The maximum Gasteiger partial charge on any atom is 0.270 e. The summed E-state index contributed by atoms with van der Waals surface area (Å²) in [7, 11) is 0. The fourth-order valence-electron chi connectivity index (χ4n) is 1.90. The van der Waals surface area contributed by atoms with E-state index in [1.807, 2.05) is 6.92 Å². The highest BCUT2D eigenvalue weighted by atomic mass is 35.5. The molecule has 0 saturated carbocycles. The number of hydrogen-bond acceptors (Lipinski definition) is 3. The maximum atomic E-state index is 12.0. The SMILES string of the molecule is CC1(NC(=O)c2cc(Cl)ccn2)CCCOC1. The van der Waals surface area contributed by atoms with Gasteiger partial charge in [-0.05, 0) is 31.9 Å². The third-order valence-electron chi connectivity index (χ3n) is 2.81. The van der Waals surface area contributed by atoms with Crippen molar-refractivity contribution in [2.45, 2.75) is 25.3 Å². The van der Waals surface area contributed by atoms with Crippen LogP contribution in [-0.2, 0) is 4.74 Å². The van der Waals surface area contributed by atoms with Crippen LogP contribution in [0.4, 0.5) is 0 Å². The second kappa shape index (κ2) is 5.02. The van der Waals surface area contributed by atoms with Gasteiger partial charge in [0.2, 0.25) is 0 Å². The summed E-state index contributed by atoms with van der Waals surface area (Å²) in [6, 6.07) is 3.20. The molecule has 1 aliphatic heterocycles. The Hall–Kier alpha value is -1.13. The number of hydrogen-bond donors (Lipinski definition) is 1. The molecule has 0 spiro atoms. The molecule has 0 aromatic carbocycles. The van der Waals surface area contributed by atoms with Crippen molar-refractivity contribution in [2.75, 3.05) is 13.2 Å². The topological polar surface area (TPSA) is 51.2 Å². The van der Waals surface area contributed by atoms with Crippen molar-refractivity contribution in [3.63, 3.8) is 0 Å². The Morgan fingerprint density at radius 2 is 2.47 bits per heavy atom. The van der Waals surface area contributed by atoms with Crippen LogP contribution < -0.4 is 5.32 Å². The number of carbonyl (C=O) groups excluding carboxylic acids is 1. The van der Waals surface area contributed by atoms with Crippen LogP contribution in [0.25, 0.3) is 0 Å². The van der Waals surface area contributed by atoms with Gasteiger partial charge >= 0.3 is 0 Å². The molecule has 2 heterocycles. The van der Waals surface area contributed by atoms with Crippen LogP contribution in [0.2, 0.25) is 5.02 Å². The number of ether oxygens (including phenoxy) is 1. The Labute approximate surface area is 105 Å². The van der Waals surface area contributed by atoms with Crippen LogP contribution in [0.3, 0.4) is 0 Å². The minimum absolute atomic E-state index is 0.208. The van der Waals surface area contributed by atoms with Crippen LogP contribution in [0.1, 0.15) is 30.3 Å². The van der Waals surface area contributed by atoms with E-state index in [2.05, 4.69) is 10.3 Å². The minimum Gasteiger partial charge on any atom is -0.379 e. The van der Waals surface area contributed by atoms with Crippen molar-refractivity contribution in [3.05, 3.63) is 29.0 Å². The summed E-state index contributed by atoms with van der Waals surface area (Å²) in [4.78, 5) is 16.0. The second-order valence-corrected chi connectivity index (χ2v) is 4.97. The summed E-state index contributed by atoms with van der Waals surface area (Å²) in [6.45, 7) is 3.29. The van der Waals surface area contributed by atoms with Crippen molar-refractivity contribution in [3.8, 4) is 0 Å². The predicted octanol–water partition coefficient (Wildman–Crippen LogP) is 2.03. The van der Waals surface area contributed by atoms with E-state index in [0.29, 0.717) is 17.3 Å². The van der Waals surface area contributed by atoms with Crippen LogP contribution in [0, 0.1) is 0 Å². The number of aromatic nitrogens is 1. The van der Waals surface area contributed by atoms with E-state index in [1.54, 1.807) is 12.1 Å². The summed E-state index contributed by atoms with van der Waals surface area (Å²) >= 11 is 5.82. The number of halogens is 1. The van der Waals surface area contributed by atoms with Crippen LogP contribution in [-0.4, -0.2) is 29.6 Å². The van der Waals surface area contributed by atoms with Gasteiger partial charge in [-0.1, -0.05) is 11.6 Å². The Kier molecular flexibility index (Phi) is 3.64. The van der Waals surface area contributed by atoms with Crippen molar-refractivity contribution in [2.24, 2.45) is 0 Å². The zero-order valence-corrected chi connectivity index (χ0v) is 10.5. The van der Waals surface area contributed by atoms with Gasteiger partial charge in [0.1, 0.15) is 5.69 Å². The predicted molar refractivity (Wildman–Crippen MR) is 65.2 cm³/mol. The van der Waals surface area contributed by atoms with Gasteiger partial charge in [-0.3, -0.25) is 9.78 Å². The monoisotopic (exact) mass is 254 g/mol. The zero-order chi connectivity index (χ0) is 12.3. The average molecular weight is 255 g/mol. The standard InChI is InChI=1S/C12H15ClN2O2/c1-12(4-2-6-17-8-12)15-11(16)10-7-9(13)3-5-14-10/h3,5,7H,2,4,6,8H2,1H3,(H,15,16). The largest absolute Gasteiger partial charge is 0.379 e. The van der Waals surface area contributed by atoms with Gasteiger partial charge in [0, 0.05) is 17.8 Å². The lowest BCUT2D eigenvalue weighted by Crippen LogP contribution is -2.51. The van der Waals surface area contributed by atoms with E-state index in [0.717, 1.165) is 19.4 Å². The van der Waals surface area contributed by atoms with Crippen LogP contribution in [0.5, 0.6) is 0 Å². The summed E-state index contributed by atoms with van der Waals surface area (Å²) in [5.74, 6) is -0.208. The van der Waals surface area contributed by atoms with Crippen molar-refractivity contribution in [1.29, 1.82) is 0 Å². The summed E-state index contributed by atoms with van der Waals surface area (Å²) in [6.07, 6.45) is 3.40. The number of rotatable bonds is 2. The first-order valence-electron chi connectivity index (χ1n) is 5.61. The number of pyridine rings is 1. The Morgan fingerprint density at radius 3 is 3.12 bits per heavy atom. The highest BCUT2D eigenvalue weighted by Gasteiger charge is 2.29. The third-order valence-corrected chi connectivity index (χ3v) is 3.04. The van der Waals surface area contributed by atoms with E-state index < -0.39 is 0 Å². The molecule has 1 aliphatic rings. The van der Waals surface area contributed by atoms with Crippen LogP contribution >= 0.6 is 11.6 Å². The molecule has 1 N–H and O–H groups in total. The van der Waals surface area contributed by atoms with Crippen molar-refractivity contribution >= 4 is 17.5 Å². The molecule has 2 rings (SSSR count). The van der Waals surface area contributed by atoms with Gasteiger partial charge in [0.25, 0.3) is 5.91 Å². The second-order valence-electron chi connectivity index (χ2n) is 4.53. The van der Waals surface area contributed by atoms with Gasteiger partial charge in [-0.2, -0.15) is 0 Å². The van der Waals surface area contributed by atoms with Gasteiger partial charge in [-0.25, -0.2) is 0 Å². The molecule has 17 heavy (non-hydrogen) atoms. The van der Waals surface area contributed by atoms with E-state index in [-0.39, 0.29) is 11.4 Å². The number of amides is 1. The number of carbonyl (C=O) groups is 1. The lowest BCUT2D eigenvalue weighted by atomic mass is 9.95. The molecule has 1 fully saturated rings. The quantitative estimate of drug-likeness (QED) is 0.879. The Balaban J connectivity index is 2.06. The summed E-state index contributed by atoms with van der Waals surface area (Å²) in [5, 5.41) is 3.46. The number of nitrogens with zero attached hydrogens (tertiary/aromatic N) is 1. The van der Waals surface area contributed by atoms with Gasteiger partial charge in [0.05, 0.1) is 12.1 Å². The van der Waals surface area contributed by atoms with E-state index >= 15 is 0 Å². The first kappa shape index (κ1) is 12.3. The lowest BCUT2D eigenvalue weighted by molar-refractivity contribution is 0.0271. The number of nitrogens with one attached hydrogen (secondary N) is 1. The van der Waals surface area contributed by atoms with Crippen molar-refractivity contribution < 1.29 is 9.53 Å². The fourth-order valence-corrected chi connectivity index (χ4v) is 2.06. The lowest BCUT2D eigenvalue weighted by Gasteiger charge is -2.34. The van der Waals surface area contributed by atoms with Gasteiger partial charge in [0.15, 0.2) is 0 Å². The van der Waals surface area contributed by atoms with E-state index in [1.165, 1.54) is 6.20 Å². The Bertz CT molecular complexity index is 417. The molecule has 92 valence electrons. The molecule has 1 amide bonds. The molecule has 0 aliphatic carbocycles. The molecular weight excluding hydrogens is 240 g/mol. The molecule has 1 atom stereocenters. The molecule has 5 heteroatoms. The summed E-state index contributed by atoms with van der Waals surface area (Å²) < 4.78 is 5.38. The smallest absolute Gasteiger partial charge is 0.270 e. The third kappa shape index (κ3) is 3.17. The Morgan fingerprint density at radius 1 is 1.65 bits per heavy atom. The molecular formula is C12H15ClN2O2. The molecule has 1 aromatic heterocycles. The highest BCUT2D eigenvalue weighted by molar-refractivity contribution is 6.30. The van der Waals surface area contributed by atoms with Gasteiger partial charge < -0.3 is 10.1 Å². The van der Waals surface area contributed by atoms with Crippen molar-refractivity contribution in [1.82, 2.24) is 10.3 Å². The van der Waals surface area contributed by atoms with E-state index in [9.17, 15) is 4.79 Å². The minimum atomic E-state index is -0.306. The zero-order valence-electron chi connectivity index (χ0n) is 9.70. The fraction of sp³-hybridized carbons (Fsp3) is 0.500. The van der Waals surface area contributed by atoms with E-state index in [4.69, 9.17) is 16.3 Å². The first-order chi connectivity index (χ1) is 8.09. The van der Waals surface area contributed by atoms with Crippen LogP contribution in [0.15, 0.2) is 18.3 Å². The first-order valence-corrected chi connectivity index (χ1v) is 5.99. The summed E-state index contributed by atoms with van der Waals surface area (Å²) in [5.41, 5.74) is 0.0311. The normalized spacial score (nSPS) is 24.4. The molecule has 1 unspecified atom stereocenters. The molecule has 1 aromatic rings.